The lowest BCUT2D eigenvalue weighted by Gasteiger charge is -2.31. The van der Waals surface area contributed by atoms with Crippen molar-refractivity contribution in [3.63, 3.8) is 0 Å². The monoisotopic (exact) mass is 395 g/mol. The lowest BCUT2D eigenvalue weighted by molar-refractivity contribution is -0.137. The second-order valence-corrected chi connectivity index (χ2v) is 8.48. The Labute approximate surface area is 172 Å². The van der Waals surface area contributed by atoms with Crippen LogP contribution in [0.5, 0.6) is 0 Å². The summed E-state index contributed by atoms with van der Waals surface area (Å²) in [4.78, 5) is 15.2. The second-order valence-electron chi connectivity index (χ2n) is 8.48. The predicted octanol–water partition coefficient (Wildman–Crippen LogP) is 2.87. The van der Waals surface area contributed by atoms with Crippen LogP contribution in [0, 0.1) is 11.3 Å². The average molecular weight is 396 g/mol. The first-order valence-corrected chi connectivity index (χ1v) is 11.1. The fourth-order valence-corrected chi connectivity index (χ4v) is 5.10. The minimum absolute atomic E-state index is 0.106. The van der Waals surface area contributed by atoms with E-state index in [4.69, 9.17) is 11.1 Å². The number of benzene rings is 1. The standard InChI is InChI=1S/C23H33N5O/c1-2-27-20(13-16-7-8-17(22(24)25)14-21(16)27)10-9-19-6-4-12-28(19)23(29)18-5-3-11-26-15-18/h7-8,13-14,18-19,26H,2-6,9-12,15H2,1H3,(H3,24,25)/t18?,19-/m0/s1. The van der Waals surface area contributed by atoms with Gasteiger partial charge in [0.2, 0.25) is 5.91 Å². The molecule has 6 nitrogen and oxygen atoms in total. The number of aromatic nitrogens is 1. The maximum atomic E-state index is 13.0. The van der Waals surface area contributed by atoms with Crippen LogP contribution in [0.4, 0.5) is 0 Å². The number of amides is 1. The van der Waals surface area contributed by atoms with E-state index < -0.39 is 0 Å². The van der Waals surface area contributed by atoms with Gasteiger partial charge < -0.3 is 20.5 Å². The van der Waals surface area contributed by atoms with Gasteiger partial charge in [0, 0.05) is 42.5 Å². The molecule has 1 unspecified atom stereocenters. The number of nitrogens with two attached hydrogens (primary N) is 1. The molecular weight excluding hydrogens is 362 g/mol. The summed E-state index contributed by atoms with van der Waals surface area (Å²) >= 11 is 0. The van der Waals surface area contributed by atoms with Crippen molar-refractivity contribution in [3.05, 3.63) is 35.5 Å². The Morgan fingerprint density at radius 3 is 2.86 bits per heavy atom. The molecule has 2 aliphatic heterocycles. The first-order valence-electron chi connectivity index (χ1n) is 11.1. The van der Waals surface area contributed by atoms with E-state index in [-0.39, 0.29) is 11.8 Å². The molecule has 4 N–H and O–H groups in total. The number of amidine groups is 1. The molecule has 0 radical (unpaired) electrons. The molecule has 3 heterocycles. The molecule has 2 atom stereocenters. The van der Waals surface area contributed by atoms with Crippen LogP contribution in [-0.4, -0.2) is 46.9 Å². The maximum Gasteiger partial charge on any atom is 0.227 e. The SMILES string of the molecule is CCn1c(CC[C@@H]2CCCN2C(=O)C2CCCNC2)cc2ccc(C(=N)N)cc21. The molecule has 1 aromatic carbocycles. The number of aryl methyl sites for hydroxylation is 2. The van der Waals surface area contributed by atoms with Gasteiger partial charge in [-0.2, -0.15) is 0 Å². The number of nitrogens with one attached hydrogen (secondary N) is 2. The highest BCUT2D eigenvalue weighted by Crippen LogP contribution is 2.28. The van der Waals surface area contributed by atoms with Crippen LogP contribution in [0.25, 0.3) is 10.9 Å². The van der Waals surface area contributed by atoms with E-state index in [0.29, 0.717) is 11.9 Å². The molecule has 6 heteroatoms. The van der Waals surface area contributed by atoms with E-state index in [9.17, 15) is 4.79 Å². The molecule has 29 heavy (non-hydrogen) atoms. The van der Waals surface area contributed by atoms with Gasteiger partial charge in [0.1, 0.15) is 5.84 Å². The fraction of sp³-hybridized carbons (Fsp3) is 0.565. The number of nitrogen functional groups attached to an aromatic ring is 1. The van der Waals surface area contributed by atoms with Gasteiger partial charge in [0.15, 0.2) is 0 Å². The number of hydrogen-bond acceptors (Lipinski definition) is 3. The van der Waals surface area contributed by atoms with Crippen LogP contribution in [0.15, 0.2) is 24.3 Å². The summed E-state index contributed by atoms with van der Waals surface area (Å²) < 4.78 is 2.33. The highest BCUT2D eigenvalue weighted by molar-refractivity contribution is 5.98. The van der Waals surface area contributed by atoms with E-state index in [1.165, 1.54) is 11.1 Å². The molecule has 1 aromatic heterocycles. The van der Waals surface area contributed by atoms with Gasteiger partial charge in [-0.05, 0) is 69.5 Å². The second kappa shape index (κ2) is 8.57. The molecule has 2 aliphatic rings. The summed E-state index contributed by atoms with van der Waals surface area (Å²) in [5, 5.41) is 12.3. The van der Waals surface area contributed by atoms with Gasteiger partial charge in [-0.15, -0.1) is 0 Å². The number of piperidine rings is 1. The normalized spacial score (nSPS) is 22.3. The molecule has 0 aliphatic carbocycles. The number of nitrogens with zero attached hydrogens (tertiary/aromatic N) is 2. The molecule has 4 rings (SSSR count). The average Bonchev–Trinajstić information content (AvgIpc) is 3.35. The Morgan fingerprint density at radius 1 is 1.28 bits per heavy atom. The molecular formula is C23H33N5O. The Morgan fingerprint density at radius 2 is 2.14 bits per heavy atom. The van der Waals surface area contributed by atoms with Gasteiger partial charge in [0.25, 0.3) is 0 Å². The topological polar surface area (TPSA) is 87.1 Å². The Kier molecular flexibility index (Phi) is 5.90. The summed E-state index contributed by atoms with van der Waals surface area (Å²) in [5.41, 5.74) is 8.90. The molecule has 0 spiro atoms. The third-order valence-electron chi connectivity index (χ3n) is 6.66. The largest absolute Gasteiger partial charge is 0.384 e. The molecule has 1 amide bonds. The van der Waals surface area contributed by atoms with Crippen LogP contribution in [-0.2, 0) is 17.8 Å². The zero-order chi connectivity index (χ0) is 20.4. The summed E-state index contributed by atoms with van der Waals surface area (Å²) in [7, 11) is 0. The number of carbonyl (C=O) groups is 1. The van der Waals surface area contributed by atoms with Crippen molar-refractivity contribution in [2.24, 2.45) is 11.7 Å². The molecule has 156 valence electrons. The quantitative estimate of drug-likeness (QED) is 0.519. The van der Waals surface area contributed by atoms with Gasteiger partial charge in [-0.1, -0.05) is 12.1 Å². The van der Waals surface area contributed by atoms with Crippen molar-refractivity contribution in [1.29, 1.82) is 5.41 Å². The van der Waals surface area contributed by atoms with Crippen LogP contribution in [0.2, 0.25) is 0 Å². The summed E-state index contributed by atoms with van der Waals surface area (Å²) in [6.45, 7) is 5.84. The Hall–Kier alpha value is -2.34. The molecule has 2 saturated heterocycles. The molecule has 2 aromatic rings. The van der Waals surface area contributed by atoms with E-state index in [2.05, 4.69) is 33.8 Å². The molecule has 0 bridgehead atoms. The van der Waals surface area contributed by atoms with Crippen molar-refractivity contribution in [2.45, 2.75) is 58.0 Å². The van der Waals surface area contributed by atoms with Crippen molar-refractivity contribution in [1.82, 2.24) is 14.8 Å². The third kappa shape index (κ3) is 4.04. The summed E-state index contributed by atoms with van der Waals surface area (Å²) in [5.74, 6) is 0.632. The zero-order valence-corrected chi connectivity index (χ0v) is 17.4. The van der Waals surface area contributed by atoms with E-state index >= 15 is 0 Å². The van der Waals surface area contributed by atoms with Gasteiger partial charge in [-0.3, -0.25) is 10.2 Å². The van der Waals surface area contributed by atoms with Crippen LogP contribution in [0.3, 0.4) is 0 Å². The van der Waals surface area contributed by atoms with Crippen LogP contribution >= 0.6 is 0 Å². The Balaban J connectivity index is 1.48. The first-order chi connectivity index (χ1) is 14.1. The lowest BCUT2D eigenvalue weighted by atomic mass is 9.97. The van der Waals surface area contributed by atoms with E-state index in [1.54, 1.807) is 0 Å². The minimum Gasteiger partial charge on any atom is -0.384 e. The first kappa shape index (κ1) is 20.0. The third-order valence-corrected chi connectivity index (χ3v) is 6.66. The van der Waals surface area contributed by atoms with E-state index in [0.717, 1.165) is 75.8 Å². The van der Waals surface area contributed by atoms with Crippen LogP contribution < -0.4 is 11.1 Å². The van der Waals surface area contributed by atoms with Gasteiger partial charge >= 0.3 is 0 Å². The number of likely N-dealkylation sites (tertiary alicyclic amines) is 1. The number of carbonyl (C=O) groups excluding carboxylic acids is 1. The van der Waals surface area contributed by atoms with Crippen molar-refractivity contribution < 1.29 is 4.79 Å². The highest BCUT2D eigenvalue weighted by Gasteiger charge is 2.33. The number of rotatable bonds is 6. The highest BCUT2D eigenvalue weighted by atomic mass is 16.2. The molecule has 0 saturated carbocycles. The summed E-state index contributed by atoms with van der Waals surface area (Å²) in [6.07, 6.45) is 6.35. The van der Waals surface area contributed by atoms with E-state index in [1.807, 2.05) is 12.1 Å². The minimum atomic E-state index is 0.106. The zero-order valence-electron chi connectivity index (χ0n) is 17.4. The fourth-order valence-electron chi connectivity index (χ4n) is 5.10. The maximum absolute atomic E-state index is 13.0. The van der Waals surface area contributed by atoms with Crippen molar-refractivity contribution in [2.75, 3.05) is 19.6 Å². The number of fused-ring (bicyclic) bond motifs is 1. The van der Waals surface area contributed by atoms with Gasteiger partial charge in [0.05, 0.1) is 5.92 Å². The molecule has 2 fully saturated rings. The van der Waals surface area contributed by atoms with Gasteiger partial charge in [-0.25, -0.2) is 0 Å². The summed E-state index contributed by atoms with van der Waals surface area (Å²) in [6, 6.07) is 8.62. The lowest BCUT2D eigenvalue weighted by Crippen LogP contribution is -2.45. The van der Waals surface area contributed by atoms with Crippen molar-refractivity contribution >= 4 is 22.6 Å². The van der Waals surface area contributed by atoms with Crippen LogP contribution in [0.1, 0.15) is 50.3 Å². The number of hydrogen-bond donors (Lipinski definition) is 3. The van der Waals surface area contributed by atoms with Crippen molar-refractivity contribution in [3.8, 4) is 0 Å². The smallest absolute Gasteiger partial charge is 0.227 e. The Bertz CT molecular complexity index is 896. The predicted molar refractivity (Wildman–Crippen MR) is 117 cm³/mol.